The molecule has 0 radical (unpaired) electrons. The van der Waals surface area contributed by atoms with Crippen LogP contribution < -0.4 is 10.2 Å². The second-order valence-electron chi connectivity index (χ2n) is 6.90. The predicted octanol–water partition coefficient (Wildman–Crippen LogP) is 3.80. The molecule has 2 heterocycles. The number of amides is 2. The summed E-state index contributed by atoms with van der Waals surface area (Å²) >= 11 is 1.63. The van der Waals surface area contributed by atoms with Gasteiger partial charge >= 0.3 is 0 Å². The number of halogens is 1. The van der Waals surface area contributed by atoms with Crippen LogP contribution >= 0.6 is 11.8 Å². The lowest BCUT2D eigenvalue weighted by molar-refractivity contribution is -0.117. The molecule has 8 heteroatoms. The normalized spacial score (nSPS) is 14.0. The molecule has 0 atom stereocenters. The first-order valence-electron chi connectivity index (χ1n) is 9.39. The summed E-state index contributed by atoms with van der Waals surface area (Å²) in [6, 6.07) is 12.1. The van der Waals surface area contributed by atoms with Crippen molar-refractivity contribution < 1.29 is 14.0 Å². The third kappa shape index (κ3) is 3.98. The molecule has 0 bridgehead atoms. The maximum absolute atomic E-state index is 14.5. The van der Waals surface area contributed by atoms with E-state index in [9.17, 15) is 14.0 Å². The predicted molar refractivity (Wildman–Crippen MR) is 114 cm³/mol. The summed E-state index contributed by atoms with van der Waals surface area (Å²) in [5.74, 6) is 0.654. The van der Waals surface area contributed by atoms with Gasteiger partial charge in [0.1, 0.15) is 18.2 Å². The number of anilines is 2. The molecule has 0 spiro atoms. The van der Waals surface area contributed by atoms with Crippen LogP contribution in [0.5, 0.6) is 0 Å². The molecule has 0 unspecified atom stereocenters. The van der Waals surface area contributed by atoms with E-state index in [1.165, 1.54) is 11.0 Å². The average molecular weight is 412 g/mol. The van der Waals surface area contributed by atoms with Gasteiger partial charge < -0.3 is 14.8 Å². The number of benzene rings is 2. The van der Waals surface area contributed by atoms with E-state index in [1.807, 2.05) is 35.1 Å². The third-order valence-corrected chi connectivity index (χ3v) is 5.45. The number of nitrogens with one attached hydrogen (secondary N) is 1. The van der Waals surface area contributed by atoms with Crippen molar-refractivity contribution in [2.75, 3.05) is 23.0 Å². The van der Waals surface area contributed by atoms with E-state index in [0.717, 1.165) is 23.3 Å². The smallest absolute Gasteiger partial charge is 0.244 e. The van der Waals surface area contributed by atoms with E-state index in [0.29, 0.717) is 24.4 Å². The molecule has 0 saturated carbocycles. The monoisotopic (exact) mass is 412 g/mol. The molecule has 6 nitrogen and oxygen atoms in total. The molecule has 1 saturated heterocycles. The number of carbonyl (C=O) groups is 2. The Bertz CT molecular complexity index is 1080. The average Bonchev–Trinajstić information content (AvgIpc) is 3.26. The fourth-order valence-electron chi connectivity index (χ4n) is 3.59. The lowest BCUT2D eigenvalue weighted by Crippen LogP contribution is -2.25. The molecule has 1 N–H and O–H groups in total. The highest BCUT2D eigenvalue weighted by Gasteiger charge is 2.24. The number of aromatic nitrogens is 2. The number of rotatable bonds is 6. The lowest BCUT2D eigenvalue weighted by atomic mass is 10.2. The zero-order chi connectivity index (χ0) is 20.4. The van der Waals surface area contributed by atoms with Gasteiger partial charge in [-0.3, -0.25) is 9.59 Å². The van der Waals surface area contributed by atoms with E-state index in [-0.39, 0.29) is 24.0 Å². The van der Waals surface area contributed by atoms with Crippen molar-refractivity contribution in [1.29, 1.82) is 0 Å². The van der Waals surface area contributed by atoms with Crippen LogP contribution in [0, 0.1) is 5.82 Å². The Balaban J connectivity index is 1.52. The lowest BCUT2D eigenvalue weighted by Gasteiger charge is -2.17. The molecule has 2 aromatic carbocycles. The SMILES string of the molecule is CSCc1nc2ccccc2n1CC(=O)Nc1ccc(N2CCCC2=O)c(F)c1. The topological polar surface area (TPSA) is 67.2 Å². The minimum atomic E-state index is -0.519. The number of nitrogens with zero attached hydrogens (tertiary/aromatic N) is 3. The first kappa shape index (κ1) is 19.4. The van der Waals surface area contributed by atoms with Crippen molar-refractivity contribution in [3.05, 3.63) is 54.1 Å². The fraction of sp³-hybridized carbons (Fsp3) is 0.286. The molecule has 4 rings (SSSR count). The molecule has 3 aromatic rings. The Labute approximate surface area is 172 Å². The largest absolute Gasteiger partial charge is 0.324 e. The molecule has 1 aliphatic heterocycles. The summed E-state index contributed by atoms with van der Waals surface area (Å²) in [7, 11) is 0. The van der Waals surface area contributed by atoms with E-state index >= 15 is 0 Å². The summed E-state index contributed by atoms with van der Waals surface area (Å²) in [5.41, 5.74) is 2.35. The van der Waals surface area contributed by atoms with Crippen molar-refractivity contribution >= 4 is 46.0 Å². The molecule has 2 amide bonds. The van der Waals surface area contributed by atoms with Gasteiger partial charge in [-0.1, -0.05) is 12.1 Å². The Morgan fingerprint density at radius 2 is 2.10 bits per heavy atom. The van der Waals surface area contributed by atoms with Crippen molar-refractivity contribution in [3.8, 4) is 0 Å². The van der Waals surface area contributed by atoms with Gasteiger partial charge in [-0.15, -0.1) is 0 Å². The summed E-state index contributed by atoms with van der Waals surface area (Å²) in [6.07, 6.45) is 3.16. The highest BCUT2D eigenvalue weighted by atomic mass is 32.2. The number of fused-ring (bicyclic) bond motifs is 1. The van der Waals surface area contributed by atoms with Gasteiger partial charge in [0.05, 0.1) is 22.5 Å². The van der Waals surface area contributed by atoms with E-state index in [4.69, 9.17) is 0 Å². The van der Waals surface area contributed by atoms with Crippen molar-refractivity contribution in [2.24, 2.45) is 0 Å². The number of imidazole rings is 1. The minimum absolute atomic E-state index is 0.0750. The van der Waals surface area contributed by atoms with Gasteiger partial charge in [-0.05, 0) is 43.0 Å². The second-order valence-corrected chi connectivity index (χ2v) is 7.77. The number of para-hydroxylation sites is 2. The van der Waals surface area contributed by atoms with Crippen LogP contribution in [0.2, 0.25) is 0 Å². The van der Waals surface area contributed by atoms with Gasteiger partial charge in [-0.2, -0.15) is 11.8 Å². The van der Waals surface area contributed by atoms with Crippen molar-refractivity contribution in [2.45, 2.75) is 25.1 Å². The van der Waals surface area contributed by atoms with Crippen LogP contribution in [0.4, 0.5) is 15.8 Å². The van der Waals surface area contributed by atoms with E-state index in [1.54, 1.807) is 23.9 Å². The first-order chi connectivity index (χ1) is 14.1. The zero-order valence-electron chi connectivity index (χ0n) is 16.0. The van der Waals surface area contributed by atoms with Crippen LogP contribution in [0.3, 0.4) is 0 Å². The summed E-state index contributed by atoms with van der Waals surface area (Å²) in [6.45, 7) is 0.609. The van der Waals surface area contributed by atoms with Crippen molar-refractivity contribution in [3.63, 3.8) is 0 Å². The van der Waals surface area contributed by atoms with Gasteiger partial charge in [0.15, 0.2) is 0 Å². The highest BCUT2D eigenvalue weighted by molar-refractivity contribution is 7.97. The van der Waals surface area contributed by atoms with Crippen LogP contribution in [0.1, 0.15) is 18.7 Å². The zero-order valence-corrected chi connectivity index (χ0v) is 16.8. The maximum Gasteiger partial charge on any atom is 0.244 e. The van der Waals surface area contributed by atoms with Gasteiger partial charge in [0.25, 0.3) is 0 Å². The van der Waals surface area contributed by atoms with Crippen molar-refractivity contribution in [1.82, 2.24) is 9.55 Å². The molecule has 0 aliphatic carbocycles. The van der Waals surface area contributed by atoms with Gasteiger partial charge in [0.2, 0.25) is 11.8 Å². The number of hydrogen-bond acceptors (Lipinski definition) is 4. The Kier molecular flexibility index (Phi) is 5.53. The van der Waals surface area contributed by atoms with Crippen LogP contribution in [-0.2, 0) is 21.9 Å². The third-order valence-electron chi connectivity index (χ3n) is 4.90. The van der Waals surface area contributed by atoms with E-state index < -0.39 is 5.82 Å². The summed E-state index contributed by atoms with van der Waals surface area (Å²) in [4.78, 5) is 30.5. The fourth-order valence-corrected chi connectivity index (χ4v) is 4.07. The number of thioether (sulfide) groups is 1. The van der Waals surface area contributed by atoms with E-state index in [2.05, 4.69) is 10.3 Å². The molecule has 150 valence electrons. The van der Waals surface area contributed by atoms with Crippen LogP contribution in [-0.4, -0.2) is 34.2 Å². The first-order valence-corrected chi connectivity index (χ1v) is 10.8. The summed E-state index contributed by atoms with van der Waals surface area (Å²) < 4.78 is 16.4. The molecule has 1 aliphatic rings. The number of carbonyl (C=O) groups excluding carboxylic acids is 2. The van der Waals surface area contributed by atoms with Gasteiger partial charge in [-0.25, -0.2) is 9.37 Å². The molecular formula is C21H21FN4O2S. The minimum Gasteiger partial charge on any atom is -0.324 e. The van der Waals surface area contributed by atoms with Crippen LogP contribution in [0.25, 0.3) is 11.0 Å². The quantitative estimate of drug-likeness (QED) is 0.669. The number of hydrogen-bond donors (Lipinski definition) is 1. The van der Waals surface area contributed by atoms with Gasteiger partial charge in [0, 0.05) is 18.7 Å². The molecule has 1 fully saturated rings. The molecular weight excluding hydrogens is 391 g/mol. The Morgan fingerprint density at radius 1 is 1.28 bits per heavy atom. The van der Waals surface area contributed by atoms with Crippen LogP contribution in [0.15, 0.2) is 42.5 Å². The standard InChI is InChI=1S/C21H21FN4O2S/c1-29-13-19-24-16-5-2-3-6-18(16)26(19)12-20(27)23-14-8-9-17(15(22)11-14)25-10-4-7-21(25)28/h2-3,5-6,8-9,11H,4,7,10,12-13H2,1H3,(H,23,27). The maximum atomic E-state index is 14.5. The Hall–Kier alpha value is -2.87. The summed E-state index contributed by atoms with van der Waals surface area (Å²) in [5, 5.41) is 2.75. The second kappa shape index (κ2) is 8.24. The highest BCUT2D eigenvalue weighted by Crippen LogP contribution is 2.27. The molecule has 1 aromatic heterocycles. The molecule has 29 heavy (non-hydrogen) atoms. The Morgan fingerprint density at radius 3 is 2.83 bits per heavy atom.